The number of methoxy groups -OCH3 is 1. The van der Waals surface area contributed by atoms with Crippen molar-refractivity contribution in [2.24, 2.45) is 0 Å². The van der Waals surface area contributed by atoms with Crippen molar-refractivity contribution in [3.05, 3.63) is 29.8 Å². The molecule has 1 aromatic carbocycles. The molecule has 0 aliphatic rings. The largest absolute Gasteiger partial charge is 0.497 e. The summed E-state index contributed by atoms with van der Waals surface area (Å²) in [6.45, 7) is 2.72. The van der Waals surface area contributed by atoms with Crippen LogP contribution in [0.2, 0.25) is 0 Å². The van der Waals surface area contributed by atoms with E-state index in [1.54, 1.807) is 14.0 Å². The normalized spacial score (nSPS) is 14.2. The van der Waals surface area contributed by atoms with Crippen molar-refractivity contribution in [3.63, 3.8) is 0 Å². The van der Waals surface area contributed by atoms with Crippen molar-refractivity contribution >= 4 is 0 Å². The Morgan fingerprint density at radius 1 is 1.17 bits per heavy atom. The summed E-state index contributed by atoms with van der Waals surface area (Å²) in [5.74, 6) is 0.832. The fourth-order valence-corrected chi connectivity index (χ4v) is 1.55. The Hall–Kier alpha value is -1.10. The zero-order valence-electron chi connectivity index (χ0n) is 11.0. The van der Waals surface area contributed by atoms with Crippen LogP contribution in [-0.4, -0.2) is 36.1 Å². The van der Waals surface area contributed by atoms with E-state index in [1.165, 1.54) is 0 Å². The van der Waals surface area contributed by atoms with E-state index in [0.29, 0.717) is 19.6 Å². The summed E-state index contributed by atoms with van der Waals surface area (Å²) in [5, 5.41) is 18.5. The second-order valence-electron chi connectivity index (χ2n) is 4.35. The van der Waals surface area contributed by atoms with Crippen LogP contribution in [0.15, 0.2) is 24.3 Å². The number of hydrogen-bond acceptors (Lipinski definition) is 4. The first-order chi connectivity index (χ1) is 8.63. The molecule has 0 aliphatic heterocycles. The summed E-state index contributed by atoms with van der Waals surface area (Å²) in [6, 6.07) is 7.72. The molecule has 0 radical (unpaired) electrons. The van der Waals surface area contributed by atoms with Gasteiger partial charge >= 0.3 is 0 Å². The molecule has 0 unspecified atom stereocenters. The second-order valence-corrected chi connectivity index (χ2v) is 4.35. The Morgan fingerprint density at radius 2 is 1.83 bits per heavy atom. The van der Waals surface area contributed by atoms with Crippen molar-refractivity contribution in [1.82, 2.24) is 0 Å². The minimum absolute atomic E-state index is 0.550. The van der Waals surface area contributed by atoms with Gasteiger partial charge in [-0.1, -0.05) is 12.1 Å². The summed E-state index contributed by atoms with van der Waals surface area (Å²) < 4.78 is 10.6. The molecule has 0 heterocycles. The lowest BCUT2D eigenvalue weighted by Crippen LogP contribution is -2.22. The van der Waals surface area contributed by atoms with Gasteiger partial charge in [0.25, 0.3) is 0 Å². The predicted molar refractivity (Wildman–Crippen MR) is 69.6 cm³/mol. The highest BCUT2D eigenvalue weighted by molar-refractivity contribution is 5.26. The standard InChI is InChI=1S/C14H22O4/c1-11(15)14(16)4-3-9-18-10-12-5-7-13(17-2)8-6-12/h5-8,11,14-16H,3-4,9-10H2,1-2H3/t11-,14-/m0/s1. The Morgan fingerprint density at radius 3 is 2.39 bits per heavy atom. The maximum Gasteiger partial charge on any atom is 0.118 e. The Kier molecular flexibility index (Phi) is 6.72. The topological polar surface area (TPSA) is 58.9 Å². The smallest absolute Gasteiger partial charge is 0.118 e. The number of benzene rings is 1. The lowest BCUT2D eigenvalue weighted by Gasteiger charge is -2.13. The number of rotatable bonds is 8. The van der Waals surface area contributed by atoms with Crippen molar-refractivity contribution in [1.29, 1.82) is 0 Å². The van der Waals surface area contributed by atoms with Crippen LogP contribution in [-0.2, 0) is 11.3 Å². The van der Waals surface area contributed by atoms with E-state index in [9.17, 15) is 5.11 Å². The molecule has 102 valence electrons. The highest BCUT2D eigenvalue weighted by Gasteiger charge is 2.09. The van der Waals surface area contributed by atoms with Crippen LogP contribution in [0.1, 0.15) is 25.3 Å². The van der Waals surface area contributed by atoms with Crippen molar-refractivity contribution in [3.8, 4) is 5.75 Å². The van der Waals surface area contributed by atoms with Gasteiger partial charge in [0.15, 0.2) is 0 Å². The lowest BCUT2D eigenvalue weighted by molar-refractivity contribution is 0.0175. The Balaban J connectivity index is 2.14. The van der Waals surface area contributed by atoms with Crippen molar-refractivity contribution in [2.75, 3.05) is 13.7 Å². The first-order valence-corrected chi connectivity index (χ1v) is 6.20. The van der Waals surface area contributed by atoms with Gasteiger partial charge in [-0.3, -0.25) is 0 Å². The van der Waals surface area contributed by atoms with E-state index in [1.807, 2.05) is 24.3 Å². The molecule has 0 amide bonds. The van der Waals surface area contributed by atoms with E-state index in [2.05, 4.69) is 0 Å². The minimum Gasteiger partial charge on any atom is -0.497 e. The number of aliphatic hydroxyl groups is 2. The SMILES string of the molecule is COc1ccc(COCCC[C@H](O)[C@H](C)O)cc1. The van der Waals surface area contributed by atoms with Gasteiger partial charge in [0.05, 0.1) is 25.9 Å². The average Bonchev–Trinajstić information content (AvgIpc) is 2.38. The van der Waals surface area contributed by atoms with E-state index in [4.69, 9.17) is 14.6 Å². The van der Waals surface area contributed by atoms with Gasteiger partial charge in [-0.25, -0.2) is 0 Å². The van der Waals surface area contributed by atoms with Gasteiger partial charge < -0.3 is 19.7 Å². The molecule has 2 N–H and O–H groups in total. The molecule has 0 bridgehead atoms. The molecule has 1 aromatic rings. The summed E-state index contributed by atoms with van der Waals surface area (Å²) in [6.07, 6.45) is -0.0381. The summed E-state index contributed by atoms with van der Waals surface area (Å²) in [4.78, 5) is 0. The van der Waals surface area contributed by atoms with Crippen LogP contribution >= 0.6 is 0 Å². The first-order valence-electron chi connectivity index (χ1n) is 6.20. The third-order valence-corrected chi connectivity index (χ3v) is 2.77. The summed E-state index contributed by atoms with van der Waals surface area (Å²) in [7, 11) is 1.64. The van der Waals surface area contributed by atoms with Crippen LogP contribution in [0, 0.1) is 0 Å². The second kappa shape index (κ2) is 8.08. The zero-order valence-corrected chi connectivity index (χ0v) is 11.0. The molecule has 0 saturated carbocycles. The molecule has 0 fully saturated rings. The fraction of sp³-hybridized carbons (Fsp3) is 0.571. The highest BCUT2D eigenvalue weighted by Crippen LogP contribution is 2.12. The monoisotopic (exact) mass is 254 g/mol. The zero-order chi connectivity index (χ0) is 13.4. The maximum absolute atomic E-state index is 9.38. The molecular weight excluding hydrogens is 232 g/mol. The molecule has 4 heteroatoms. The van der Waals surface area contributed by atoms with Crippen LogP contribution in [0.25, 0.3) is 0 Å². The predicted octanol–water partition coefficient (Wildman–Crippen LogP) is 1.73. The van der Waals surface area contributed by atoms with Crippen LogP contribution in [0.3, 0.4) is 0 Å². The van der Waals surface area contributed by atoms with Gasteiger partial charge in [0.2, 0.25) is 0 Å². The highest BCUT2D eigenvalue weighted by atomic mass is 16.5. The average molecular weight is 254 g/mol. The number of aliphatic hydroxyl groups excluding tert-OH is 2. The minimum atomic E-state index is -0.674. The summed E-state index contributed by atoms with van der Waals surface area (Å²) >= 11 is 0. The molecule has 0 saturated heterocycles. The Labute approximate surface area is 108 Å². The molecule has 2 atom stereocenters. The van der Waals surface area contributed by atoms with Crippen LogP contribution < -0.4 is 4.74 Å². The number of ether oxygens (including phenoxy) is 2. The van der Waals surface area contributed by atoms with E-state index < -0.39 is 12.2 Å². The van der Waals surface area contributed by atoms with E-state index in [0.717, 1.165) is 17.7 Å². The quantitative estimate of drug-likeness (QED) is 0.694. The first kappa shape index (κ1) is 15.0. The van der Waals surface area contributed by atoms with Crippen LogP contribution in [0.5, 0.6) is 5.75 Å². The third kappa shape index (κ3) is 5.49. The van der Waals surface area contributed by atoms with Crippen LogP contribution in [0.4, 0.5) is 0 Å². The fourth-order valence-electron chi connectivity index (χ4n) is 1.55. The van der Waals surface area contributed by atoms with Gasteiger partial charge in [-0.05, 0) is 37.5 Å². The third-order valence-electron chi connectivity index (χ3n) is 2.77. The summed E-state index contributed by atoms with van der Waals surface area (Å²) in [5.41, 5.74) is 1.09. The number of hydrogen-bond donors (Lipinski definition) is 2. The van der Waals surface area contributed by atoms with Crippen molar-refractivity contribution in [2.45, 2.75) is 38.6 Å². The van der Waals surface area contributed by atoms with Gasteiger partial charge in [0, 0.05) is 6.61 Å². The van der Waals surface area contributed by atoms with E-state index >= 15 is 0 Å². The van der Waals surface area contributed by atoms with Gasteiger partial charge in [-0.15, -0.1) is 0 Å². The molecule has 4 nitrogen and oxygen atoms in total. The molecule has 0 spiro atoms. The molecule has 0 aromatic heterocycles. The molecule has 0 aliphatic carbocycles. The molecular formula is C14H22O4. The van der Waals surface area contributed by atoms with Gasteiger partial charge in [0.1, 0.15) is 5.75 Å². The van der Waals surface area contributed by atoms with Crippen molar-refractivity contribution < 1.29 is 19.7 Å². The van der Waals surface area contributed by atoms with Gasteiger partial charge in [-0.2, -0.15) is 0 Å². The molecule has 18 heavy (non-hydrogen) atoms. The molecule has 1 rings (SSSR count). The lowest BCUT2D eigenvalue weighted by atomic mass is 10.1. The van der Waals surface area contributed by atoms with E-state index in [-0.39, 0.29) is 0 Å². The maximum atomic E-state index is 9.38. The Bertz CT molecular complexity index is 321.